The zero-order valence-corrected chi connectivity index (χ0v) is 34.9. The van der Waals surface area contributed by atoms with E-state index < -0.39 is 0 Å². The molecule has 245 valence electrons. The molecule has 0 atom stereocenters. The van der Waals surface area contributed by atoms with Gasteiger partial charge in [0.05, 0.1) is 11.9 Å². The fourth-order valence-corrected chi connectivity index (χ4v) is 1.84. The Morgan fingerprint density at radius 3 is 1.22 bits per heavy atom. The number of nitrogens with zero attached hydrogens (tertiary/aromatic N) is 10. The van der Waals surface area contributed by atoms with Gasteiger partial charge in [-0.3, -0.25) is 0 Å². The monoisotopic (exact) mass is 800 g/mol. The van der Waals surface area contributed by atoms with Crippen molar-refractivity contribution in [2.45, 2.75) is 34.6 Å². The van der Waals surface area contributed by atoms with Crippen molar-refractivity contribution in [1.29, 1.82) is 0 Å². The Kier molecular flexibility index (Phi) is 76.4. The van der Waals surface area contributed by atoms with Crippen LogP contribution in [0.15, 0.2) is 92.6 Å². The molecule has 0 saturated carbocycles. The maximum atomic E-state index is 3.87. The van der Waals surface area contributed by atoms with Crippen LogP contribution in [0.3, 0.4) is 0 Å². The molecule has 0 bridgehead atoms. The Morgan fingerprint density at radius 1 is 0.422 bits per heavy atom. The third kappa shape index (κ3) is 46.9. The minimum Gasteiger partial charge on any atom is -0.358 e. The first kappa shape index (κ1) is 69.9. The summed E-state index contributed by atoms with van der Waals surface area (Å²) in [6.07, 6.45) is 16.8. The predicted molar refractivity (Wildman–Crippen MR) is 166 cm³/mol. The van der Waals surface area contributed by atoms with Gasteiger partial charge in [-0.25, -0.2) is 29.9 Å². The van der Waals surface area contributed by atoms with Crippen molar-refractivity contribution in [1.82, 2.24) is 50.3 Å². The van der Waals surface area contributed by atoms with Gasteiger partial charge in [-0.2, -0.15) is 20.4 Å². The van der Waals surface area contributed by atoms with Gasteiger partial charge in [0.25, 0.3) is 0 Å². The van der Waals surface area contributed by atoms with Gasteiger partial charge >= 0.3 is 0 Å². The van der Waals surface area contributed by atoms with Gasteiger partial charge in [-0.15, -0.1) is 0 Å². The van der Waals surface area contributed by atoms with E-state index in [0.29, 0.717) is 0 Å². The van der Waals surface area contributed by atoms with Gasteiger partial charge in [-0.05, 0) is 76.1 Å². The number of rotatable bonds is 0. The molecule has 0 aliphatic rings. The fraction of sp³-hybridized carbons (Fsp3) is 0.167. The third-order valence-corrected chi connectivity index (χ3v) is 3.55. The summed E-state index contributed by atoms with van der Waals surface area (Å²) < 4.78 is 0. The predicted octanol–water partition coefficient (Wildman–Crippen LogP) is 6.16. The molecule has 0 N–H and O–H groups in total. The van der Waals surface area contributed by atoms with E-state index >= 15 is 0 Å². The second kappa shape index (κ2) is 49.2. The fourth-order valence-electron chi connectivity index (χ4n) is 1.84. The summed E-state index contributed by atoms with van der Waals surface area (Å²) in [6.45, 7) is 9.64. The van der Waals surface area contributed by atoms with E-state index in [4.69, 9.17) is 0 Å². The normalized spacial score (nSPS) is 6.78. The maximum Gasteiger partial charge on any atom is 0.125 e. The van der Waals surface area contributed by atoms with Crippen LogP contribution in [-0.4, -0.2) is 50.3 Å². The minimum atomic E-state index is 0. The minimum absolute atomic E-state index is 0. The van der Waals surface area contributed by atoms with Gasteiger partial charge < -0.3 is 37.1 Å². The van der Waals surface area contributed by atoms with Crippen LogP contribution in [0, 0.1) is 71.8 Å². The molecule has 5 heterocycles. The molecule has 0 aliphatic carbocycles. The first-order valence-electron chi connectivity index (χ1n) is 10.6. The molecule has 0 aromatic carbocycles. The van der Waals surface area contributed by atoms with Crippen molar-refractivity contribution in [3.63, 3.8) is 0 Å². The Morgan fingerprint density at radius 2 is 1.00 bits per heavy atom. The molecule has 0 unspecified atom stereocenters. The molecule has 10 nitrogen and oxygen atoms in total. The SMILES string of the molecule is Cc1cccnn1.Cc1ccncn1.Cc1ccnnc1.Cc1cncnc1.Cc1ncccn1.[CH3-].[CH3-].[CH3-].[CH3-].[CH3-].[V].[V].[V].[V].[V]. The van der Waals surface area contributed by atoms with E-state index in [0.717, 1.165) is 28.3 Å². The number of aryl methyl sites for hydroxylation is 5. The summed E-state index contributed by atoms with van der Waals surface area (Å²) in [5.41, 5.74) is 4.22. The number of hydrogen-bond acceptors (Lipinski definition) is 10. The Labute approximate surface area is 333 Å². The summed E-state index contributed by atoms with van der Waals surface area (Å²) in [5, 5.41) is 14.6. The average Bonchev–Trinajstić information content (AvgIpc) is 2.88. The second-order valence-electron chi connectivity index (χ2n) is 6.85. The smallest absolute Gasteiger partial charge is 0.125 e. The zero-order valence-electron chi connectivity index (χ0n) is 27.9. The Bertz CT molecular complexity index is 923. The molecular weight excluding hydrogens is 755 g/mol. The number of aromatic nitrogens is 10. The van der Waals surface area contributed by atoms with Crippen LogP contribution in [0.4, 0.5) is 0 Å². The Hall–Kier alpha value is -1.68. The molecule has 0 saturated heterocycles. The quantitative estimate of drug-likeness (QED) is 0.168. The van der Waals surface area contributed by atoms with E-state index in [1.807, 2.05) is 58.9 Å². The van der Waals surface area contributed by atoms with Crippen LogP contribution in [0.25, 0.3) is 0 Å². The molecular formula is C30H45N10V5-5. The van der Waals surface area contributed by atoms with Crippen LogP contribution < -0.4 is 0 Å². The molecule has 15 heteroatoms. The molecule has 5 aromatic rings. The van der Waals surface area contributed by atoms with Gasteiger partial charge in [0.1, 0.15) is 18.5 Å². The van der Waals surface area contributed by atoms with Crippen molar-refractivity contribution in [2.75, 3.05) is 0 Å². The summed E-state index contributed by atoms with van der Waals surface area (Å²) in [5.74, 6) is 0.822. The largest absolute Gasteiger partial charge is 0.358 e. The Balaban J connectivity index is -0.0000000403. The van der Waals surface area contributed by atoms with Crippen LogP contribution in [0.5, 0.6) is 0 Å². The summed E-state index contributed by atoms with van der Waals surface area (Å²) in [7, 11) is 0. The molecule has 45 heavy (non-hydrogen) atoms. The summed E-state index contributed by atoms with van der Waals surface area (Å²) in [4.78, 5) is 22.9. The van der Waals surface area contributed by atoms with Crippen LogP contribution >= 0.6 is 0 Å². The molecule has 5 rings (SSSR count). The number of hydrogen-bond donors (Lipinski definition) is 0. The van der Waals surface area contributed by atoms with Crippen molar-refractivity contribution in [3.05, 3.63) is 158 Å². The van der Waals surface area contributed by atoms with Crippen molar-refractivity contribution >= 4 is 0 Å². The zero-order chi connectivity index (χ0) is 25.6. The molecule has 0 fully saturated rings. The van der Waals surface area contributed by atoms with Crippen molar-refractivity contribution in [3.8, 4) is 0 Å². The van der Waals surface area contributed by atoms with Gasteiger partial charge in [-0.1, -0.05) is 0 Å². The molecule has 5 radical (unpaired) electrons. The standard InChI is InChI=1S/5C5H6N2.5CH3.5V/c1-5-2-6-4-7-3-5;1-5-2-3-6-4-7-5;1-5-2-3-6-7-4-5;1-5-6-3-2-4-7-5;1-5-3-2-4-6-7-5;;;;;;;;;;/h5*2-4H,1H3;5*1H3;;;;;/q;;;;;5*-1;;;;;. The van der Waals surface area contributed by atoms with E-state index in [1.165, 1.54) is 12.7 Å². The first-order valence-corrected chi connectivity index (χ1v) is 10.6. The average molecular weight is 800 g/mol. The third-order valence-electron chi connectivity index (χ3n) is 3.55. The topological polar surface area (TPSA) is 129 Å². The van der Waals surface area contributed by atoms with E-state index in [2.05, 4.69) is 50.3 Å². The van der Waals surface area contributed by atoms with Crippen molar-refractivity contribution < 1.29 is 92.8 Å². The maximum absolute atomic E-state index is 3.87. The summed E-state index contributed by atoms with van der Waals surface area (Å²) in [6, 6.07) is 9.34. The van der Waals surface area contributed by atoms with Gasteiger partial charge in [0, 0.05) is 142 Å². The molecule has 5 aromatic heterocycles. The van der Waals surface area contributed by atoms with Gasteiger partial charge in [0.15, 0.2) is 0 Å². The van der Waals surface area contributed by atoms with Crippen molar-refractivity contribution in [2.24, 2.45) is 0 Å². The van der Waals surface area contributed by atoms with E-state index in [9.17, 15) is 0 Å². The van der Waals surface area contributed by atoms with Crippen LogP contribution in [0.1, 0.15) is 28.3 Å². The van der Waals surface area contributed by atoms with Crippen LogP contribution in [0.2, 0.25) is 0 Å². The molecule has 0 spiro atoms. The molecule has 0 aliphatic heterocycles. The summed E-state index contributed by atoms with van der Waals surface area (Å²) >= 11 is 0. The van der Waals surface area contributed by atoms with E-state index in [-0.39, 0.29) is 130 Å². The molecule has 0 amide bonds. The van der Waals surface area contributed by atoms with E-state index in [1.54, 1.807) is 55.6 Å². The first-order chi connectivity index (χ1) is 17.0. The second-order valence-corrected chi connectivity index (χ2v) is 6.85. The van der Waals surface area contributed by atoms with Crippen LogP contribution in [-0.2, 0) is 92.8 Å². The van der Waals surface area contributed by atoms with Gasteiger partial charge in [0.2, 0.25) is 0 Å².